The summed E-state index contributed by atoms with van der Waals surface area (Å²) >= 11 is 0. The van der Waals surface area contributed by atoms with E-state index in [9.17, 15) is 14.7 Å². The molecule has 1 aliphatic heterocycles. The summed E-state index contributed by atoms with van der Waals surface area (Å²) in [5.41, 5.74) is 2.13. The summed E-state index contributed by atoms with van der Waals surface area (Å²) in [5, 5.41) is 12.6. The molecular formula is C36H56N2O9. The van der Waals surface area contributed by atoms with Crippen LogP contribution < -0.4 is 4.74 Å². The fourth-order valence-corrected chi connectivity index (χ4v) is 6.38. The van der Waals surface area contributed by atoms with Crippen molar-refractivity contribution in [3.8, 4) is 5.75 Å². The number of aromatic nitrogens is 1. The molecule has 0 radical (unpaired) electrons. The minimum absolute atomic E-state index is 0.0113. The Labute approximate surface area is 280 Å². The summed E-state index contributed by atoms with van der Waals surface area (Å²) < 4.78 is 33.9. The molecule has 0 amide bonds. The summed E-state index contributed by atoms with van der Waals surface area (Å²) in [4.78, 5) is 32.3. The van der Waals surface area contributed by atoms with Gasteiger partial charge in [0.1, 0.15) is 18.0 Å². The monoisotopic (exact) mass is 660 g/mol. The molecule has 3 rings (SSSR count). The molecule has 1 aliphatic rings. The van der Waals surface area contributed by atoms with Crippen molar-refractivity contribution in [1.29, 1.82) is 0 Å². The van der Waals surface area contributed by atoms with Crippen LogP contribution in [0.3, 0.4) is 0 Å². The van der Waals surface area contributed by atoms with Crippen LogP contribution in [0.4, 0.5) is 0 Å². The number of β-amino-alcohol motifs (C(OH)–C–C–N with tert-alkyl or cyclic N) is 1. The number of nitrogens with zero attached hydrogens (tertiary/aromatic N) is 2. The highest BCUT2D eigenvalue weighted by Crippen LogP contribution is 2.30. The van der Waals surface area contributed by atoms with Crippen LogP contribution in [0.2, 0.25) is 0 Å². The van der Waals surface area contributed by atoms with E-state index in [1.54, 1.807) is 35.4 Å². The van der Waals surface area contributed by atoms with Crippen molar-refractivity contribution >= 4 is 22.8 Å². The van der Waals surface area contributed by atoms with Crippen LogP contribution >= 0.6 is 0 Å². The maximum atomic E-state index is 13.1. The first-order valence-corrected chi connectivity index (χ1v) is 16.9. The van der Waals surface area contributed by atoms with Crippen molar-refractivity contribution in [3.63, 3.8) is 0 Å². The van der Waals surface area contributed by atoms with Crippen molar-refractivity contribution in [2.24, 2.45) is 11.8 Å². The molecule has 11 nitrogen and oxygen atoms in total. The highest BCUT2D eigenvalue weighted by molar-refractivity contribution is 5.83. The quantitative estimate of drug-likeness (QED) is 0.246. The van der Waals surface area contributed by atoms with Crippen molar-refractivity contribution < 1.29 is 43.1 Å². The third kappa shape index (κ3) is 12.3. The van der Waals surface area contributed by atoms with Crippen LogP contribution in [0.25, 0.3) is 10.9 Å². The average Bonchev–Trinajstić information content (AvgIpc) is 3.07. The summed E-state index contributed by atoms with van der Waals surface area (Å²) in [6, 6.07) is 7.97. The van der Waals surface area contributed by atoms with Crippen molar-refractivity contribution in [1.82, 2.24) is 9.88 Å². The molecule has 0 spiro atoms. The zero-order chi connectivity index (χ0) is 34.3. The highest BCUT2D eigenvalue weighted by atomic mass is 16.7. The Bertz CT molecular complexity index is 1240. The van der Waals surface area contributed by atoms with Gasteiger partial charge in [0.25, 0.3) is 0 Å². The van der Waals surface area contributed by atoms with E-state index < -0.39 is 36.5 Å². The van der Waals surface area contributed by atoms with Crippen LogP contribution in [-0.4, -0.2) is 106 Å². The molecule has 2 aromatic rings. The minimum atomic E-state index is -0.802. The number of ether oxygens (including phenoxy) is 6. The van der Waals surface area contributed by atoms with E-state index in [1.165, 1.54) is 5.56 Å². The molecule has 6 atom stereocenters. The molecule has 11 heteroatoms. The molecule has 47 heavy (non-hydrogen) atoms. The van der Waals surface area contributed by atoms with Gasteiger partial charge in [0.05, 0.1) is 31.3 Å². The van der Waals surface area contributed by atoms with E-state index in [0.29, 0.717) is 38.8 Å². The number of fused-ring (bicyclic) bond motifs is 1. The van der Waals surface area contributed by atoms with Crippen molar-refractivity contribution in [2.75, 3.05) is 48.1 Å². The number of carbonyl (C=O) groups is 2. The Balaban J connectivity index is 1.81. The number of rotatable bonds is 12. The van der Waals surface area contributed by atoms with Crippen LogP contribution in [0.15, 0.2) is 30.5 Å². The smallest absolute Gasteiger partial charge is 0.309 e. The highest BCUT2D eigenvalue weighted by Gasteiger charge is 2.34. The van der Waals surface area contributed by atoms with E-state index in [-0.39, 0.29) is 30.8 Å². The van der Waals surface area contributed by atoms with Crippen LogP contribution in [0.1, 0.15) is 71.3 Å². The number of cyclic esters (lactones) is 1. The van der Waals surface area contributed by atoms with E-state index in [1.807, 2.05) is 31.3 Å². The Morgan fingerprint density at radius 3 is 2.55 bits per heavy atom. The first-order valence-electron chi connectivity index (χ1n) is 16.9. The molecule has 0 aliphatic carbocycles. The van der Waals surface area contributed by atoms with Crippen LogP contribution in [-0.2, 0) is 39.7 Å². The second-order valence-electron chi connectivity index (χ2n) is 12.7. The van der Waals surface area contributed by atoms with E-state index >= 15 is 0 Å². The lowest BCUT2D eigenvalue weighted by molar-refractivity contribution is -0.166. The van der Waals surface area contributed by atoms with Gasteiger partial charge in [-0.05, 0) is 87.2 Å². The van der Waals surface area contributed by atoms with Gasteiger partial charge in [0.15, 0.2) is 6.29 Å². The van der Waals surface area contributed by atoms with Gasteiger partial charge in [-0.3, -0.25) is 14.6 Å². The average molecular weight is 661 g/mol. The van der Waals surface area contributed by atoms with Gasteiger partial charge in [0, 0.05) is 58.8 Å². The number of aryl methyl sites for hydroxylation is 1. The first kappa shape index (κ1) is 38.6. The fraction of sp³-hybridized carbons (Fsp3) is 0.694. The van der Waals surface area contributed by atoms with Gasteiger partial charge in [-0.25, -0.2) is 0 Å². The lowest BCUT2D eigenvalue weighted by atomic mass is 9.84. The number of hydrogen-bond acceptors (Lipinski definition) is 11. The number of benzene rings is 1. The van der Waals surface area contributed by atoms with Crippen molar-refractivity contribution in [3.05, 3.63) is 36.0 Å². The van der Waals surface area contributed by atoms with Gasteiger partial charge in [-0.1, -0.05) is 13.8 Å². The van der Waals surface area contributed by atoms with Crippen molar-refractivity contribution in [2.45, 2.75) is 103 Å². The molecular weight excluding hydrogens is 604 g/mol. The van der Waals surface area contributed by atoms with Gasteiger partial charge in [0.2, 0.25) is 0 Å². The van der Waals surface area contributed by atoms with Gasteiger partial charge in [-0.15, -0.1) is 0 Å². The van der Waals surface area contributed by atoms with Gasteiger partial charge >= 0.3 is 11.9 Å². The second kappa shape index (κ2) is 19.9. The number of aliphatic hydroxyl groups is 1. The molecule has 1 fully saturated rings. The second-order valence-corrected chi connectivity index (χ2v) is 12.7. The Hall–Kier alpha value is -2.83. The molecule has 0 bridgehead atoms. The normalized spacial score (nSPS) is 25.6. The van der Waals surface area contributed by atoms with Gasteiger partial charge in [-0.2, -0.15) is 0 Å². The summed E-state index contributed by atoms with van der Waals surface area (Å²) in [7, 11) is 6.41. The number of pyridine rings is 1. The molecule has 6 unspecified atom stereocenters. The summed E-state index contributed by atoms with van der Waals surface area (Å²) in [5.74, 6) is -0.111. The molecule has 0 saturated carbocycles. The maximum absolute atomic E-state index is 13.1. The molecule has 1 aromatic carbocycles. The predicted molar refractivity (Wildman–Crippen MR) is 179 cm³/mol. The molecule has 1 N–H and O–H groups in total. The SMILES string of the molecule is CCC(=O)OC1CC(=O)OC(C)CCN(CCCc2ccnc3ccc(OC)cc23)CC(O)C(C)CC(CC(OC)OC)CC1OC. The van der Waals surface area contributed by atoms with E-state index in [0.717, 1.165) is 36.0 Å². The fourth-order valence-electron chi connectivity index (χ4n) is 6.38. The number of esters is 2. The third-order valence-corrected chi connectivity index (χ3v) is 9.23. The molecule has 264 valence electrons. The lowest BCUT2D eigenvalue weighted by Crippen LogP contribution is -2.39. The number of aliphatic hydroxyl groups excluding tert-OH is 1. The predicted octanol–water partition coefficient (Wildman–Crippen LogP) is 4.94. The zero-order valence-electron chi connectivity index (χ0n) is 29.3. The van der Waals surface area contributed by atoms with Crippen LogP contribution in [0, 0.1) is 11.8 Å². The Morgan fingerprint density at radius 2 is 1.87 bits per heavy atom. The largest absolute Gasteiger partial charge is 0.497 e. The van der Waals surface area contributed by atoms with Gasteiger partial charge < -0.3 is 38.4 Å². The number of carbonyl (C=O) groups excluding carboxylic acids is 2. The van der Waals surface area contributed by atoms with Crippen LogP contribution in [0.5, 0.6) is 5.75 Å². The molecule has 2 heterocycles. The Morgan fingerprint density at radius 1 is 1.11 bits per heavy atom. The lowest BCUT2D eigenvalue weighted by Gasteiger charge is -2.33. The zero-order valence-corrected chi connectivity index (χ0v) is 29.3. The number of methoxy groups -OCH3 is 4. The molecule has 1 saturated heterocycles. The summed E-state index contributed by atoms with van der Waals surface area (Å²) in [6.07, 6.45) is 3.17. The van der Waals surface area contributed by atoms with E-state index in [4.69, 9.17) is 28.4 Å². The minimum Gasteiger partial charge on any atom is -0.497 e. The Kier molecular flexibility index (Phi) is 16.3. The summed E-state index contributed by atoms with van der Waals surface area (Å²) in [6.45, 7) is 7.55. The molecule has 1 aromatic heterocycles. The topological polar surface area (TPSA) is 126 Å². The number of hydrogen-bond donors (Lipinski definition) is 1. The standard InChI is InChI=1S/C36H56N2O9/c1-8-34(40)47-33-22-35(41)46-25(3)14-17-38(16-9-10-27-13-15-37-30-12-11-28(42-4)21-29(27)30)23-31(39)24(2)18-26(19-32(33)43-5)20-36(44-6)45-7/h11-13,15,21,24-26,31-33,36,39H,8-10,14,16-20,22-23H2,1-7H3. The first-order chi connectivity index (χ1) is 22.6. The van der Waals surface area contributed by atoms with E-state index in [2.05, 4.69) is 22.9 Å². The third-order valence-electron chi connectivity index (χ3n) is 9.23. The maximum Gasteiger partial charge on any atom is 0.309 e.